The maximum atomic E-state index is 12.3. The van der Waals surface area contributed by atoms with Gasteiger partial charge >= 0.3 is 6.61 Å². The minimum absolute atomic E-state index is 0.0485. The molecule has 0 saturated heterocycles. The smallest absolute Gasteiger partial charge is 0.387 e. The van der Waals surface area contributed by atoms with E-state index in [4.69, 9.17) is 0 Å². The highest BCUT2D eigenvalue weighted by molar-refractivity contribution is 7.99. The van der Waals surface area contributed by atoms with Crippen LogP contribution in [-0.4, -0.2) is 54.0 Å². The number of sulfonamides is 1. The Balaban J connectivity index is 2.25. The fourth-order valence-corrected chi connectivity index (χ4v) is 4.07. The van der Waals surface area contributed by atoms with E-state index in [0.29, 0.717) is 12.3 Å². The maximum Gasteiger partial charge on any atom is 0.387 e. The number of ether oxygens (including phenoxy) is 1. The number of anilines is 2. The monoisotopic (exact) mass is 491 g/mol. The highest BCUT2D eigenvalue weighted by Crippen LogP contribution is 2.34. The molecule has 0 bridgehead atoms. The van der Waals surface area contributed by atoms with Crippen molar-refractivity contribution in [2.75, 3.05) is 22.9 Å². The first-order chi connectivity index (χ1) is 14.9. The Morgan fingerprint density at radius 3 is 2.25 bits per heavy atom. The summed E-state index contributed by atoms with van der Waals surface area (Å²) in [5, 5.41) is 12.7. The highest BCUT2D eigenvalue weighted by atomic mass is 32.2. The van der Waals surface area contributed by atoms with Crippen molar-refractivity contribution in [1.82, 2.24) is 15.0 Å². The Labute approximate surface area is 190 Å². The van der Waals surface area contributed by atoms with E-state index in [0.717, 1.165) is 11.8 Å². The van der Waals surface area contributed by atoms with Crippen LogP contribution in [0.25, 0.3) is 0 Å². The van der Waals surface area contributed by atoms with E-state index in [1.54, 1.807) is 12.1 Å². The van der Waals surface area contributed by atoms with Crippen molar-refractivity contribution in [3.8, 4) is 5.75 Å². The number of nitrogens with one attached hydrogen (secondary N) is 2. The Morgan fingerprint density at radius 2 is 1.72 bits per heavy atom. The van der Waals surface area contributed by atoms with Gasteiger partial charge in [0.05, 0.1) is 18.9 Å². The fourth-order valence-electron chi connectivity index (χ4n) is 2.76. The van der Waals surface area contributed by atoms with Crippen LogP contribution in [0.1, 0.15) is 38.0 Å². The number of aromatic nitrogens is 3. The average Bonchev–Trinajstić information content (AvgIpc) is 2.65. The molecule has 0 aliphatic heterocycles. The summed E-state index contributed by atoms with van der Waals surface area (Å²) in [6.45, 7) is 2.83. The SMILES string of the molecule is CC(C)C[C@H](CO)Nc1nc(NS(C)(=O)=O)nc(S[C@@H](C)c2ccc(OC(F)F)cc2)n1. The van der Waals surface area contributed by atoms with Crippen LogP contribution in [0.4, 0.5) is 20.7 Å². The number of aliphatic hydroxyl groups excluding tert-OH is 1. The molecule has 0 amide bonds. The first-order valence-corrected chi connectivity index (χ1v) is 12.5. The van der Waals surface area contributed by atoms with Crippen molar-refractivity contribution in [2.45, 2.75) is 50.3 Å². The molecule has 2 atom stereocenters. The summed E-state index contributed by atoms with van der Waals surface area (Å²) >= 11 is 1.23. The van der Waals surface area contributed by atoms with Crippen LogP contribution >= 0.6 is 11.8 Å². The summed E-state index contributed by atoms with van der Waals surface area (Å²) in [5.41, 5.74) is 0.803. The van der Waals surface area contributed by atoms with E-state index in [1.807, 2.05) is 20.8 Å². The van der Waals surface area contributed by atoms with Gasteiger partial charge in [-0.2, -0.15) is 23.7 Å². The average molecular weight is 492 g/mol. The molecule has 13 heteroatoms. The molecule has 0 radical (unpaired) electrons. The number of hydrogen-bond acceptors (Lipinski definition) is 9. The molecular weight excluding hydrogens is 464 g/mol. The molecule has 0 aliphatic rings. The second-order valence-electron chi connectivity index (χ2n) is 7.50. The van der Waals surface area contributed by atoms with Crippen LogP contribution in [0, 0.1) is 5.92 Å². The number of thioether (sulfide) groups is 1. The number of benzene rings is 1. The predicted molar refractivity (Wildman–Crippen MR) is 120 cm³/mol. The molecule has 1 aromatic heterocycles. The number of rotatable bonds is 12. The second-order valence-corrected chi connectivity index (χ2v) is 10.6. The van der Waals surface area contributed by atoms with Crippen LogP contribution < -0.4 is 14.8 Å². The molecule has 1 aromatic carbocycles. The van der Waals surface area contributed by atoms with Crippen LogP contribution in [0.5, 0.6) is 5.75 Å². The summed E-state index contributed by atoms with van der Waals surface area (Å²) in [6.07, 6.45) is 1.64. The molecule has 0 spiro atoms. The van der Waals surface area contributed by atoms with Crippen molar-refractivity contribution in [2.24, 2.45) is 5.92 Å². The lowest BCUT2D eigenvalue weighted by molar-refractivity contribution is -0.0498. The van der Waals surface area contributed by atoms with Gasteiger partial charge in [-0.1, -0.05) is 37.7 Å². The van der Waals surface area contributed by atoms with E-state index in [2.05, 4.69) is 29.7 Å². The van der Waals surface area contributed by atoms with Crippen LogP contribution in [0.3, 0.4) is 0 Å². The van der Waals surface area contributed by atoms with Crippen molar-refractivity contribution in [3.63, 3.8) is 0 Å². The minimum Gasteiger partial charge on any atom is -0.435 e. The fraction of sp³-hybridized carbons (Fsp3) is 0.526. The summed E-state index contributed by atoms with van der Waals surface area (Å²) < 4.78 is 54.6. The third-order valence-corrected chi connectivity index (χ3v) is 5.63. The molecule has 0 aliphatic carbocycles. The molecule has 32 heavy (non-hydrogen) atoms. The van der Waals surface area contributed by atoms with Gasteiger partial charge in [-0.25, -0.2) is 8.42 Å². The lowest BCUT2D eigenvalue weighted by Gasteiger charge is -2.19. The van der Waals surface area contributed by atoms with Crippen LogP contribution in [0.2, 0.25) is 0 Å². The zero-order valence-electron chi connectivity index (χ0n) is 18.1. The topological polar surface area (TPSA) is 126 Å². The van der Waals surface area contributed by atoms with Gasteiger partial charge in [-0.05, 0) is 37.0 Å². The normalized spacial score (nSPS) is 13.8. The lowest BCUT2D eigenvalue weighted by atomic mass is 10.0. The van der Waals surface area contributed by atoms with Gasteiger partial charge < -0.3 is 15.2 Å². The zero-order chi connectivity index (χ0) is 23.9. The Bertz CT molecular complexity index is 978. The molecule has 1 heterocycles. The Morgan fingerprint density at radius 1 is 1.09 bits per heavy atom. The largest absolute Gasteiger partial charge is 0.435 e. The summed E-state index contributed by atoms with van der Waals surface area (Å²) in [7, 11) is -3.62. The quantitative estimate of drug-likeness (QED) is 0.382. The molecule has 2 aromatic rings. The molecular formula is C19H27F2N5O4S2. The van der Waals surface area contributed by atoms with Crippen molar-refractivity contribution < 1.29 is 27.0 Å². The van der Waals surface area contributed by atoms with Gasteiger partial charge in [0, 0.05) is 5.25 Å². The van der Waals surface area contributed by atoms with Crippen LogP contribution in [0.15, 0.2) is 29.4 Å². The standard InChI is InChI=1S/C19H27F2N5O4S2/c1-11(2)9-14(10-27)22-17-23-18(26-32(4,28)29)25-19(24-17)31-12(3)13-5-7-15(8-6-13)30-16(20)21/h5-8,11-12,14,16,27H,9-10H2,1-4H3,(H2,22,23,24,25,26)/t12-,14+/m0/s1. The summed E-state index contributed by atoms with van der Waals surface area (Å²) in [4.78, 5) is 12.6. The number of aliphatic hydroxyl groups is 1. The lowest BCUT2D eigenvalue weighted by Crippen LogP contribution is -2.27. The van der Waals surface area contributed by atoms with E-state index in [1.165, 1.54) is 23.9 Å². The van der Waals surface area contributed by atoms with Gasteiger partial charge in [0.15, 0.2) is 5.16 Å². The second kappa shape index (κ2) is 11.6. The summed E-state index contributed by atoms with van der Waals surface area (Å²) in [6, 6.07) is 5.85. The first-order valence-electron chi connectivity index (χ1n) is 9.78. The van der Waals surface area contributed by atoms with Gasteiger partial charge in [-0.3, -0.25) is 4.72 Å². The Hall–Kier alpha value is -2.25. The predicted octanol–water partition coefficient (Wildman–Crippen LogP) is 3.52. The van der Waals surface area contributed by atoms with Gasteiger partial charge in [0.2, 0.25) is 21.9 Å². The number of halogens is 2. The zero-order valence-corrected chi connectivity index (χ0v) is 19.8. The molecule has 0 saturated carbocycles. The number of nitrogens with zero attached hydrogens (tertiary/aromatic N) is 3. The van der Waals surface area contributed by atoms with Gasteiger partial charge in [-0.15, -0.1) is 0 Å². The van der Waals surface area contributed by atoms with Crippen molar-refractivity contribution in [3.05, 3.63) is 29.8 Å². The molecule has 2 rings (SSSR count). The molecule has 9 nitrogen and oxygen atoms in total. The van der Waals surface area contributed by atoms with Crippen molar-refractivity contribution >= 4 is 33.7 Å². The van der Waals surface area contributed by atoms with Crippen molar-refractivity contribution in [1.29, 1.82) is 0 Å². The highest BCUT2D eigenvalue weighted by Gasteiger charge is 2.17. The van der Waals surface area contributed by atoms with Gasteiger partial charge in [0.1, 0.15) is 5.75 Å². The summed E-state index contributed by atoms with van der Waals surface area (Å²) in [5.74, 6) is 0.330. The Kier molecular flexibility index (Phi) is 9.40. The third kappa shape index (κ3) is 9.09. The van der Waals surface area contributed by atoms with E-state index in [-0.39, 0.29) is 40.7 Å². The van der Waals surface area contributed by atoms with Crippen LogP contribution in [-0.2, 0) is 10.0 Å². The maximum absolute atomic E-state index is 12.3. The molecule has 0 fully saturated rings. The van der Waals surface area contributed by atoms with Gasteiger partial charge in [0.25, 0.3) is 0 Å². The first kappa shape index (κ1) is 26.0. The molecule has 0 unspecified atom stereocenters. The molecule has 3 N–H and O–H groups in total. The number of hydrogen-bond donors (Lipinski definition) is 3. The third-order valence-electron chi connectivity index (χ3n) is 4.06. The van der Waals surface area contributed by atoms with E-state index < -0.39 is 16.6 Å². The minimum atomic E-state index is -3.62. The van der Waals surface area contributed by atoms with E-state index in [9.17, 15) is 22.3 Å². The van der Waals surface area contributed by atoms with E-state index >= 15 is 0 Å². The number of alkyl halides is 2. The molecule has 178 valence electrons.